The van der Waals surface area contributed by atoms with E-state index in [1.807, 2.05) is 33.8 Å². The van der Waals surface area contributed by atoms with E-state index in [-0.39, 0.29) is 22.8 Å². The van der Waals surface area contributed by atoms with Gasteiger partial charge in [-0.25, -0.2) is 4.98 Å². The van der Waals surface area contributed by atoms with E-state index < -0.39 is 5.91 Å². The summed E-state index contributed by atoms with van der Waals surface area (Å²) in [4.78, 5) is 28.6. The molecule has 5 nitrogen and oxygen atoms in total. The fourth-order valence-electron chi connectivity index (χ4n) is 1.96. The van der Waals surface area contributed by atoms with Crippen LogP contribution < -0.4 is 10.6 Å². The second-order valence-corrected chi connectivity index (χ2v) is 6.94. The average Bonchev–Trinajstić information content (AvgIpc) is 2.49. The maximum Gasteiger partial charge on any atom is 0.274 e. The minimum atomic E-state index is -0.402. The number of hydrogen-bond acceptors (Lipinski definition) is 3. The van der Waals surface area contributed by atoms with Crippen LogP contribution in [0, 0.1) is 6.92 Å². The van der Waals surface area contributed by atoms with Crippen molar-refractivity contribution in [1.29, 1.82) is 0 Å². The van der Waals surface area contributed by atoms with Crippen molar-refractivity contribution < 1.29 is 9.59 Å². The zero-order valence-corrected chi connectivity index (χ0v) is 14.9. The van der Waals surface area contributed by atoms with E-state index >= 15 is 0 Å². The quantitative estimate of drug-likeness (QED) is 0.888. The minimum Gasteiger partial charge on any atom is -0.346 e. The Kier molecular flexibility index (Phi) is 5.24. The molecule has 0 radical (unpaired) electrons. The number of nitrogens with one attached hydrogen (secondary N) is 2. The van der Waals surface area contributed by atoms with E-state index in [9.17, 15) is 9.59 Å². The number of aryl methyl sites for hydroxylation is 1. The first-order valence-corrected chi connectivity index (χ1v) is 7.90. The van der Waals surface area contributed by atoms with Gasteiger partial charge in [-0.05, 0) is 57.5 Å². The van der Waals surface area contributed by atoms with E-state index in [0.717, 1.165) is 5.56 Å². The van der Waals surface area contributed by atoms with Crippen LogP contribution in [0.3, 0.4) is 0 Å². The molecule has 0 saturated carbocycles. The number of pyridine rings is 1. The van der Waals surface area contributed by atoms with Crippen LogP contribution in [-0.2, 0) is 0 Å². The summed E-state index contributed by atoms with van der Waals surface area (Å²) in [7, 11) is 0. The Labute approximate surface area is 146 Å². The maximum absolute atomic E-state index is 12.3. The molecule has 2 N–H and O–H groups in total. The van der Waals surface area contributed by atoms with E-state index in [2.05, 4.69) is 15.6 Å². The molecule has 24 heavy (non-hydrogen) atoms. The van der Waals surface area contributed by atoms with Crippen LogP contribution in [0.25, 0.3) is 0 Å². The molecule has 2 rings (SSSR count). The van der Waals surface area contributed by atoms with Gasteiger partial charge in [0.25, 0.3) is 11.8 Å². The highest BCUT2D eigenvalue weighted by atomic mass is 35.5. The Balaban J connectivity index is 2.16. The molecule has 0 spiro atoms. The van der Waals surface area contributed by atoms with Crippen LogP contribution in [0.15, 0.2) is 36.4 Å². The number of amides is 2. The number of rotatable bonds is 3. The summed E-state index contributed by atoms with van der Waals surface area (Å²) < 4.78 is 0. The van der Waals surface area contributed by atoms with Crippen LogP contribution in [-0.4, -0.2) is 22.3 Å². The highest BCUT2D eigenvalue weighted by Gasteiger charge is 2.18. The number of halogens is 1. The SMILES string of the molecule is Cc1ccc(NC(=O)c2cccc(C(=O)NC(C)(C)C)n2)cc1Cl. The number of carbonyl (C=O) groups is 2. The molecule has 1 aromatic carbocycles. The van der Waals surface area contributed by atoms with Crippen molar-refractivity contribution in [3.05, 3.63) is 58.4 Å². The largest absolute Gasteiger partial charge is 0.346 e. The number of benzene rings is 1. The van der Waals surface area contributed by atoms with Crippen molar-refractivity contribution in [2.75, 3.05) is 5.32 Å². The molecule has 0 aliphatic heterocycles. The topological polar surface area (TPSA) is 71.1 Å². The third kappa shape index (κ3) is 4.80. The molecule has 2 amide bonds. The molecule has 0 saturated heterocycles. The molecule has 1 heterocycles. The molecule has 0 unspecified atom stereocenters. The first-order chi connectivity index (χ1) is 11.2. The summed E-state index contributed by atoms with van der Waals surface area (Å²) in [5.41, 5.74) is 1.47. The molecule has 0 aliphatic carbocycles. The van der Waals surface area contributed by atoms with Gasteiger partial charge in [-0.15, -0.1) is 0 Å². The molecular formula is C18H20ClN3O2. The summed E-state index contributed by atoms with van der Waals surface area (Å²) >= 11 is 6.05. The summed E-state index contributed by atoms with van der Waals surface area (Å²) in [6.45, 7) is 7.51. The summed E-state index contributed by atoms with van der Waals surface area (Å²) in [5.74, 6) is -0.726. The highest BCUT2D eigenvalue weighted by Crippen LogP contribution is 2.20. The zero-order chi connectivity index (χ0) is 17.9. The Bertz CT molecular complexity index is 782. The Morgan fingerprint density at radius 1 is 1.04 bits per heavy atom. The summed E-state index contributed by atoms with van der Waals surface area (Å²) in [6, 6.07) is 10.0. The van der Waals surface area contributed by atoms with Crippen LogP contribution in [0.5, 0.6) is 0 Å². The molecule has 0 bridgehead atoms. The average molecular weight is 346 g/mol. The van der Waals surface area contributed by atoms with Crippen LogP contribution in [0.1, 0.15) is 47.3 Å². The van der Waals surface area contributed by atoms with E-state index in [4.69, 9.17) is 11.6 Å². The first kappa shape index (κ1) is 17.9. The fourth-order valence-corrected chi connectivity index (χ4v) is 2.14. The first-order valence-electron chi connectivity index (χ1n) is 7.53. The summed E-state index contributed by atoms with van der Waals surface area (Å²) in [5, 5.41) is 6.11. The standard InChI is InChI=1S/C18H20ClN3O2/c1-11-8-9-12(10-13(11)19)20-16(23)14-6-5-7-15(21-14)17(24)22-18(2,3)4/h5-10H,1-4H3,(H,20,23)(H,22,24). The lowest BCUT2D eigenvalue weighted by Gasteiger charge is -2.20. The molecule has 0 atom stereocenters. The fraction of sp³-hybridized carbons (Fsp3) is 0.278. The van der Waals surface area contributed by atoms with Gasteiger partial charge in [0.2, 0.25) is 0 Å². The van der Waals surface area contributed by atoms with Crippen LogP contribution >= 0.6 is 11.6 Å². The van der Waals surface area contributed by atoms with Gasteiger partial charge in [0.1, 0.15) is 11.4 Å². The molecule has 0 fully saturated rings. The predicted octanol–water partition coefficient (Wildman–Crippen LogP) is 3.82. The van der Waals surface area contributed by atoms with Gasteiger partial charge in [0.05, 0.1) is 0 Å². The van der Waals surface area contributed by atoms with Gasteiger partial charge in [-0.1, -0.05) is 23.7 Å². The molecule has 2 aromatic rings. The van der Waals surface area contributed by atoms with E-state index in [1.54, 1.807) is 30.3 Å². The predicted molar refractivity (Wildman–Crippen MR) is 95.6 cm³/mol. The lowest BCUT2D eigenvalue weighted by molar-refractivity contribution is 0.0914. The van der Waals surface area contributed by atoms with Crippen molar-refractivity contribution in [1.82, 2.24) is 10.3 Å². The molecule has 126 valence electrons. The molecular weight excluding hydrogens is 326 g/mol. The smallest absolute Gasteiger partial charge is 0.274 e. The lowest BCUT2D eigenvalue weighted by atomic mass is 10.1. The highest BCUT2D eigenvalue weighted by molar-refractivity contribution is 6.31. The monoisotopic (exact) mass is 345 g/mol. The van der Waals surface area contributed by atoms with Gasteiger partial charge < -0.3 is 10.6 Å². The number of anilines is 1. The van der Waals surface area contributed by atoms with Crippen molar-refractivity contribution in [3.63, 3.8) is 0 Å². The minimum absolute atomic E-state index is 0.160. The van der Waals surface area contributed by atoms with Gasteiger partial charge in [0.15, 0.2) is 0 Å². The van der Waals surface area contributed by atoms with E-state index in [1.165, 1.54) is 0 Å². The van der Waals surface area contributed by atoms with Gasteiger partial charge in [0, 0.05) is 16.2 Å². The van der Waals surface area contributed by atoms with Gasteiger partial charge in [-0.3, -0.25) is 9.59 Å². The number of hydrogen-bond donors (Lipinski definition) is 2. The Hall–Kier alpha value is -2.40. The molecule has 6 heteroatoms. The Morgan fingerprint density at radius 3 is 2.25 bits per heavy atom. The van der Waals surface area contributed by atoms with Gasteiger partial charge >= 0.3 is 0 Å². The Morgan fingerprint density at radius 2 is 1.67 bits per heavy atom. The van der Waals surface area contributed by atoms with Crippen molar-refractivity contribution in [2.45, 2.75) is 33.2 Å². The van der Waals surface area contributed by atoms with Crippen molar-refractivity contribution in [3.8, 4) is 0 Å². The third-order valence-corrected chi connectivity index (χ3v) is 3.54. The number of aromatic nitrogens is 1. The summed E-state index contributed by atoms with van der Waals surface area (Å²) in [6.07, 6.45) is 0. The molecule has 1 aromatic heterocycles. The third-order valence-electron chi connectivity index (χ3n) is 3.13. The van der Waals surface area contributed by atoms with Crippen molar-refractivity contribution in [2.24, 2.45) is 0 Å². The second-order valence-electron chi connectivity index (χ2n) is 6.53. The maximum atomic E-state index is 12.3. The van der Waals surface area contributed by atoms with Crippen molar-refractivity contribution >= 4 is 29.1 Å². The lowest BCUT2D eigenvalue weighted by Crippen LogP contribution is -2.41. The normalized spacial score (nSPS) is 11.0. The second kappa shape index (κ2) is 7.01. The molecule has 0 aliphatic rings. The zero-order valence-electron chi connectivity index (χ0n) is 14.1. The number of nitrogens with zero attached hydrogens (tertiary/aromatic N) is 1. The van der Waals surface area contributed by atoms with Crippen LogP contribution in [0.4, 0.5) is 5.69 Å². The number of carbonyl (C=O) groups excluding carboxylic acids is 2. The van der Waals surface area contributed by atoms with E-state index in [0.29, 0.717) is 10.7 Å². The van der Waals surface area contributed by atoms with Gasteiger partial charge in [-0.2, -0.15) is 0 Å². The van der Waals surface area contributed by atoms with Crippen LogP contribution in [0.2, 0.25) is 5.02 Å².